The summed E-state index contributed by atoms with van der Waals surface area (Å²) >= 11 is 12.5. The van der Waals surface area contributed by atoms with Gasteiger partial charge in [-0.1, -0.05) is 35.3 Å². The van der Waals surface area contributed by atoms with E-state index in [0.29, 0.717) is 17.1 Å². The minimum Gasteiger partial charge on any atom is -0.341 e. The predicted octanol–water partition coefficient (Wildman–Crippen LogP) is 4.58. The van der Waals surface area contributed by atoms with Crippen LogP contribution in [0.4, 0.5) is 10.3 Å². The molecule has 1 aromatic carbocycles. The van der Waals surface area contributed by atoms with Crippen LogP contribution in [0.3, 0.4) is 0 Å². The van der Waals surface area contributed by atoms with Gasteiger partial charge in [-0.2, -0.15) is 0 Å². The van der Waals surface area contributed by atoms with Crippen LogP contribution in [0.5, 0.6) is 0 Å². The van der Waals surface area contributed by atoms with Crippen molar-refractivity contribution >= 4 is 29.2 Å². The van der Waals surface area contributed by atoms with E-state index in [2.05, 4.69) is 14.9 Å². The normalized spacial score (nSPS) is 15.3. The zero-order chi connectivity index (χ0) is 14.8. The Bertz CT molecular complexity index is 634. The Morgan fingerprint density at radius 1 is 1.00 bits per heavy atom. The van der Waals surface area contributed by atoms with Gasteiger partial charge in [-0.25, -0.2) is 14.4 Å². The lowest BCUT2D eigenvalue weighted by Crippen LogP contribution is -2.31. The number of halogens is 3. The van der Waals surface area contributed by atoms with E-state index in [9.17, 15) is 4.39 Å². The molecule has 6 heteroatoms. The van der Waals surface area contributed by atoms with Gasteiger partial charge in [0.05, 0.1) is 5.56 Å². The Kier molecular flexibility index (Phi) is 4.27. The summed E-state index contributed by atoms with van der Waals surface area (Å²) in [6.07, 6.45) is 3.45. The highest BCUT2D eigenvalue weighted by Crippen LogP contribution is 2.34. The van der Waals surface area contributed by atoms with Gasteiger partial charge in [-0.15, -0.1) is 0 Å². The summed E-state index contributed by atoms with van der Waals surface area (Å²) in [5, 5.41) is 0.502. The van der Waals surface area contributed by atoms with Gasteiger partial charge in [0, 0.05) is 13.1 Å². The molecular formula is C15H14Cl2FN3. The van der Waals surface area contributed by atoms with Crippen LogP contribution in [-0.2, 0) is 0 Å². The monoisotopic (exact) mass is 325 g/mol. The molecule has 2 heterocycles. The molecule has 3 rings (SSSR count). The lowest BCUT2D eigenvalue weighted by atomic mass is 10.1. The highest BCUT2D eigenvalue weighted by Gasteiger charge is 2.19. The number of hydrogen-bond acceptors (Lipinski definition) is 3. The quantitative estimate of drug-likeness (QED) is 0.757. The van der Waals surface area contributed by atoms with Gasteiger partial charge >= 0.3 is 0 Å². The summed E-state index contributed by atoms with van der Waals surface area (Å²) in [7, 11) is 0. The van der Waals surface area contributed by atoms with Crippen LogP contribution in [-0.4, -0.2) is 23.1 Å². The van der Waals surface area contributed by atoms with E-state index in [-0.39, 0.29) is 16.1 Å². The summed E-state index contributed by atoms with van der Waals surface area (Å²) in [4.78, 5) is 10.8. The van der Waals surface area contributed by atoms with E-state index in [1.807, 2.05) is 0 Å². The number of rotatable bonds is 2. The SMILES string of the molecule is Fc1cccc(-c2c(Cl)nc(N3CCCCC3)nc2Cl)c1. The number of benzene rings is 1. The van der Waals surface area contributed by atoms with Gasteiger partial charge in [0.15, 0.2) is 0 Å². The summed E-state index contributed by atoms with van der Waals surface area (Å²) in [5.41, 5.74) is 1.05. The summed E-state index contributed by atoms with van der Waals surface area (Å²) in [6, 6.07) is 6.08. The zero-order valence-electron chi connectivity index (χ0n) is 11.3. The molecule has 0 bridgehead atoms. The molecule has 0 spiro atoms. The number of anilines is 1. The minimum absolute atomic E-state index is 0.251. The first-order valence-electron chi connectivity index (χ1n) is 6.89. The molecule has 0 unspecified atom stereocenters. The molecule has 110 valence electrons. The third kappa shape index (κ3) is 3.11. The molecule has 0 aliphatic carbocycles. The van der Waals surface area contributed by atoms with E-state index in [1.165, 1.54) is 18.6 Å². The zero-order valence-corrected chi connectivity index (χ0v) is 12.8. The van der Waals surface area contributed by atoms with Crippen LogP contribution < -0.4 is 4.90 Å². The van der Waals surface area contributed by atoms with Crippen LogP contribution in [0.25, 0.3) is 11.1 Å². The fourth-order valence-electron chi connectivity index (χ4n) is 2.52. The number of nitrogens with zero attached hydrogens (tertiary/aromatic N) is 3. The Hall–Kier alpha value is -1.39. The van der Waals surface area contributed by atoms with E-state index < -0.39 is 0 Å². The second-order valence-corrected chi connectivity index (χ2v) is 5.75. The van der Waals surface area contributed by atoms with Crippen molar-refractivity contribution < 1.29 is 4.39 Å². The van der Waals surface area contributed by atoms with Gasteiger partial charge in [-0.3, -0.25) is 0 Å². The molecule has 0 N–H and O–H groups in total. The van der Waals surface area contributed by atoms with Crippen LogP contribution in [0.15, 0.2) is 24.3 Å². The molecule has 0 amide bonds. The molecule has 3 nitrogen and oxygen atoms in total. The number of hydrogen-bond donors (Lipinski definition) is 0. The molecule has 0 atom stereocenters. The van der Waals surface area contributed by atoms with Crippen molar-refractivity contribution in [1.29, 1.82) is 0 Å². The highest BCUT2D eigenvalue weighted by molar-refractivity contribution is 6.37. The van der Waals surface area contributed by atoms with Gasteiger partial charge in [0.25, 0.3) is 0 Å². The van der Waals surface area contributed by atoms with Gasteiger partial charge in [-0.05, 0) is 37.0 Å². The van der Waals surface area contributed by atoms with E-state index in [0.717, 1.165) is 25.9 Å². The summed E-state index contributed by atoms with van der Waals surface area (Å²) < 4.78 is 13.4. The molecule has 1 aliphatic heterocycles. The van der Waals surface area contributed by atoms with Gasteiger partial charge in [0.1, 0.15) is 16.1 Å². The lowest BCUT2D eigenvalue weighted by Gasteiger charge is -2.27. The molecule has 0 saturated carbocycles. The van der Waals surface area contributed by atoms with Crippen LogP contribution >= 0.6 is 23.2 Å². The number of aromatic nitrogens is 2. The van der Waals surface area contributed by atoms with Crippen molar-refractivity contribution in [3.63, 3.8) is 0 Å². The van der Waals surface area contributed by atoms with Crippen molar-refractivity contribution in [1.82, 2.24) is 9.97 Å². The first kappa shape index (κ1) is 14.5. The maximum atomic E-state index is 13.4. The van der Waals surface area contributed by atoms with Crippen LogP contribution in [0.1, 0.15) is 19.3 Å². The molecule has 1 aromatic heterocycles. The number of piperidine rings is 1. The van der Waals surface area contributed by atoms with Gasteiger partial charge < -0.3 is 4.90 Å². The minimum atomic E-state index is -0.347. The first-order chi connectivity index (χ1) is 10.1. The first-order valence-corrected chi connectivity index (χ1v) is 7.64. The van der Waals surface area contributed by atoms with Crippen LogP contribution in [0.2, 0.25) is 10.3 Å². The van der Waals surface area contributed by atoms with Gasteiger partial charge in [0.2, 0.25) is 5.95 Å². The van der Waals surface area contributed by atoms with Crippen LogP contribution in [0, 0.1) is 5.82 Å². The average molecular weight is 326 g/mol. The Morgan fingerprint density at radius 3 is 2.29 bits per heavy atom. The fraction of sp³-hybridized carbons (Fsp3) is 0.333. The van der Waals surface area contributed by atoms with E-state index in [1.54, 1.807) is 12.1 Å². The molecule has 1 fully saturated rings. The maximum absolute atomic E-state index is 13.4. The molecular weight excluding hydrogens is 312 g/mol. The Morgan fingerprint density at radius 2 is 1.67 bits per heavy atom. The molecule has 21 heavy (non-hydrogen) atoms. The predicted molar refractivity (Wildman–Crippen MR) is 83.5 cm³/mol. The highest BCUT2D eigenvalue weighted by atomic mass is 35.5. The van der Waals surface area contributed by atoms with Crippen molar-refractivity contribution in [2.45, 2.75) is 19.3 Å². The summed E-state index contributed by atoms with van der Waals surface area (Å²) in [5.74, 6) is 0.199. The maximum Gasteiger partial charge on any atom is 0.228 e. The molecule has 1 aliphatic rings. The van der Waals surface area contributed by atoms with Crippen molar-refractivity contribution in [3.05, 3.63) is 40.4 Å². The molecule has 1 saturated heterocycles. The largest absolute Gasteiger partial charge is 0.341 e. The fourth-order valence-corrected chi connectivity index (χ4v) is 3.11. The van der Waals surface area contributed by atoms with E-state index in [4.69, 9.17) is 23.2 Å². The Labute approximate surface area is 132 Å². The second kappa shape index (κ2) is 6.16. The Balaban J connectivity index is 2.00. The van der Waals surface area contributed by atoms with Crippen molar-refractivity contribution in [3.8, 4) is 11.1 Å². The van der Waals surface area contributed by atoms with Crippen molar-refractivity contribution in [2.24, 2.45) is 0 Å². The smallest absolute Gasteiger partial charge is 0.228 e. The second-order valence-electron chi connectivity index (χ2n) is 5.04. The topological polar surface area (TPSA) is 29.0 Å². The lowest BCUT2D eigenvalue weighted by molar-refractivity contribution is 0.568. The van der Waals surface area contributed by atoms with E-state index >= 15 is 0 Å². The average Bonchev–Trinajstić information content (AvgIpc) is 2.47. The standard InChI is InChI=1S/C15H14Cl2FN3/c16-13-12(10-5-4-6-11(18)9-10)14(17)20-15(19-13)21-7-2-1-3-8-21/h4-6,9H,1-3,7-8H2. The summed E-state index contributed by atoms with van der Waals surface area (Å²) in [6.45, 7) is 1.82. The van der Waals surface area contributed by atoms with Crippen molar-refractivity contribution in [2.75, 3.05) is 18.0 Å². The molecule has 2 aromatic rings. The molecule has 0 radical (unpaired) electrons. The third-order valence-corrected chi connectivity index (χ3v) is 4.11. The third-order valence-electron chi connectivity index (χ3n) is 3.56.